The van der Waals surface area contributed by atoms with Crippen molar-refractivity contribution in [3.8, 4) is 0 Å². The van der Waals surface area contributed by atoms with Crippen LogP contribution in [0.25, 0.3) is 10.9 Å². The van der Waals surface area contributed by atoms with Crippen LogP contribution in [-0.4, -0.2) is 30.9 Å². The minimum atomic E-state index is -2.87. The molecule has 5 heteroatoms. The Labute approximate surface area is 118 Å². The van der Waals surface area contributed by atoms with Crippen molar-refractivity contribution in [1.82, 2.24) is 4.98 Å². The first kappa shape index (κ1) is 13.5. The molecule has 1 aromatic heterocycles. The van der Waals surface area contributed by atoms with Crippen LogP contribution in [0.3, 0.4) is 0 Å². The molecule has 1 saturated heterocycles. The lowest BCUT2D eigenvalue weighted by Gasteiger charge is -2.18. The van der Waals surface area contributed by atoms with E-state index in [9.17, 15) is 8.42 Å². The van der Waals surface area contributed by atoms with Gasteiger partial charge in [0.05, 0.1) is 17.0 Å². The number of pyridine rings is 1. The summed E-state index contributed by atoms with van der Waals surface area (Å²) < 4.78 is 23.1. The molecular weight excluding hydrogens is 272 g/mol. The summed E-state index contributed by atoms with van der Waals surface area (Å²) >= 11 is 0. The summed E-state index contributed by atoms with van der Waals surface area (Å²) in [5, 5.41) is 1.10. The molecule has 4 nitrogen and oxygen atoms in total. The summed E-state index contributed by atoms with van der Waals surface area (Å²) in [5.41, 5.74) is 8.34. The van der Waals surface area contributed by atoms with E-state index in [2.05, 4.69) is 4.98 Å². The van der Waals surface area contributed by atoms with Crippen molar-refractivity contribution < 1.29 is 8.42 Å². The molecule has 0 saturated carbocycles. The van der Waals surface area contributed by atoms with Gasteiger partial charge in [0, 0.05) is 17.6 Å². The molecule has 2 unspecified atom stereocenters. The molecule has 0 amide bonds. The largest absolute Gasteiger partial charge is 0.327 e. The van der Waals surface area contributed by atoms with Crippen molar-refractivity contribution in [2.45, 2.75) is 18.9 Å². The second kappa shape index (κ2) is 5.14. The summed E-state index contributed by atoms with van der Waals surface area (Å²) in [6, 6.07) is 9.83. The van der Waals surface area contributed by atoms with E-state index in [0.717, 1.165) is 16.5 Å². The lowest BCUT2D eigenvalue weighted by molar-refractivity contribution is 0.462. The topological polar surface area (TPSA) is 73.0 Å². The number of benzene rings is 1. The molecule has 2 N–H and O–H groups in total. The Balaban J connectivity index is 1.83. The zero-order chi connectivity index (χ0) is 14.2. The van der Waals surface area contributed by atoms with Gasteiger partial charge in [-0.25, -0.2) is 8.42 Å². The number of sulfone groups is 1. The third kappa shape index (κ3) is 2.69. The van der Waals surface area contributed by atoms with Gasteiger partial charge in [-0.05, 0) is 36.5 Å². The highest BCUT2D eigenvalue weighted by Gasteiger charge is 2.32. The van der Waals surface area contributed by atoms with Crippen molar-refractivity contribution in [2.75, 3.05) is 11.5 Å². The highest BCUT2D eigenvalue weighted by atomic mass is 32.2. The number of aromatic nitrogens is 1. The fourth-order valence-electron chi connectivity index (χ4n) is 2.92. The fourth-order valence-corrected chi connectivity index (χ4v) is 4.81. The van der Waals surface area contributed by atoms with E-state index in [-0.39, 0.29) is 23.5 Å². The lowest BCUT2D eigenvalue weighted by Crippen LogP contribution is -2.33. The van der Waals surface area contributed by atoms with E-state index in [1.165, 1.54) is 0 Å². The van der Waals surface area contributed by atoms with Gasteiger partial charge < -0.3 is 5.73 Å². The number of nitrogens with two attached hydrogens (primary N) is 1. The van der Waals surface area contributed by atoms with Crippen LogP contribution in [0.15, 0.2) is 36.5 Å². The summed E-state index contributed by atoms with van der Waals surface area (Å²) in [6.45, 7) is 0. The normalized spacial score (nSPS) is 22.9. The summed E-state index contributed by atoms with van der Waals surface area (Å²) in [5.74, 6) is 0.589. The standard InChI is InChI=1S/C15H18N2O2S/c16-14(12-6-8-20(18,19)10-12)9-11-5-7-17-15-4-2-1-3-13(11)15/h1-5,7,12,14H,6,8-10,16H2. The molecule has 20 heavy (non-hydrogen) atoms. The number of nitrogens with zero attached hydrogens (tertiary/aromatic N) is 1. The summed E-state index contributed by atoms with van der Waals surface area (Å²) in [7, 11) is -2.87. The number of hydrogen-bond acceptors (Lipinski definition) is 4. The van der Waals surface area contributed by atoms with Crippen LogP contribution in [0, 0.1) is 5.92 Å². The highest BCUT2D eigenvalue weighted by molar-refractivity contribution is 7.91. The zero-order valence-corrected chi connectivity index (χ0v) is 12.0. The van der Waals surface area contributed by atoms with Crippen LogP contribution in [-0.2, 0) is 16.3 Å². The average molecular weight is 290 g/mol. The first-order chi connectivity index (χ1) is 9.55. The smallest absolute Gasteiger partial charge is 0.150 e. The molecular formula is C15H18N2O2S. The third-order valence-corrected chi connectivity index (χ3v) is 5.86. The Hall–Kier alpha value is -1.46. The fraction of sp³-hybridized carbons (Fsp3) is 0.400. The third-order valence-electron chi connectivity index (χ3n) is 4.07. The minimum absolute atomic E-state index is 0.0759. The molecule has 106 valence electrons. The van der Waals surface area contributed by atoms with Gasteiger partial charge in [-0.1, -0.05) is 18.2 Å². The molecule has 0 spiro atoms. The Morgan fingerprint density at radius 3 is 2.85 bits per heavy atom. The van der Waals surface area contributed by atoms with Crippen LogP contribution in [0.1, 0.15) is 12.0 Å². The van der Waals surface area contributed by atoms with E-state index < -0.39 is 9.84 Å². The maximum atomic E-state index is 11.5. The summed E-state index contributed by atoms with van der Waals surface area (Å²) in [6.07, 6.45) is 3.17. The van der Waals surface area contributed by atoms with Gasteiger partial charge in [-0.2, -0.15) is 0 Å². The molecule has 1 aromatic carbocycles. The zero-order valence-electron chi connectivity index (χ0n) is 11.2. The Morgan fingerprint density at radius 1 is 1.30 bits per heavy atom. The molecule has 3 rings (SSSR count). The van der Waals surface area contributed by atoms with Crippen molar-refractivity contribution >= 4 is 20.7 Å². The van der Waals surface area contributed by atoms with E-state index >= 15 is 0 Å². The maximum absolute atomic E-state index is 11.5. The molecule has 2 heterocycles. The van der Waals surface area contributed by atoms with Crippen molar-refractivity contribution in [3.05, 3.63) is 42.1 Å². The molecule has 1 aliphatic rings. The monoisotopic (exact) mass is 290 g/mol. The predicted octanol–water partition coefficient (Wildman–Crippen LogP) is 1.54. The maximum Gasteiger partial charge on any atom is 0.150 e. The van der Waals surface area contributed by atoms with E-state index in [0.29, 0.717) is 12.8 Å². The van der Waals surface area contributed by atoms with Gasteiger partial charge in [-0.3, -0.25) is 4.98 Å². The van der Waals surface area contributed by atoms with Gasteiger partial charge in [0.15, 0.2) is 9.84 Å². The highest BCUT2D eigenvalue weighted by Crippen LogP contribution is 2.25. The predicted molar refractivity (Wildman–Crippen MR) is 80.2 cm³/mol. The second-order valence-electron chi connectivity index (χ2n) is 5.52. The molecule has 0 bridgehead atoms. The second-order valence-corrected chi connectivity index (χ2v) is 7.75. The number of fused-ring (bicyclic) bond motifs is 1. The van der Waals surface area contributed by atoms with Crippen LogP contribution in [0.5, 0.6) is 0 Å². The Bertz CT molecular complexity index is 722. The van der Waals surface area contributed by atoms with Crippen molar-refractivity contribution in [3.63, 3.8) is 0 Å². The molecule has 2 atom stereocenters. The molecule has 0 aliphatic carbocycles. The number of para-hydroxylation sites is 1. The van der Waals surface area contributed by atoms with E-state index in [4.69, 9.17) is 5.73 Å². The van der Waals surface area contributed by atoms with Gasteiger partial charge in [0.2, 0.25) is 0 Å². The van der Waals surface area contributed by atoms with Crippen LogP contribution >= 0.6 is 0 Å². The van der Waals surface area contributed by atoms with E-state index in [1.807, 2.05) is 30.3 Å². The first-order valence-electron chi connectivity index (χ1n) is 6.84. The molecule has 2 aromatic rings. The van der Waals surface area contributed by atoms with Gasteiger partial charge in [0.1, 0.15) is 0 Å². The minimum Gasteiger partial charge on any atom is -0.327 e. The number of hydrogen-bond donors (Lipinski definition) is 1. The van der Waals surface area contributed by atoms with Gasteiger partial charge in [0.25, 0.3) is 0 Å². The SMILES string of the molecule is NC(Cc1ccnc2ccccc12)C1CCS(=O)(=O)C1. The number of rotatable bonds is 3. The Kier molecular flexibility index (Phi) is 3.48. The van der Waals surface area contributed by atoms with Gasteiger partial charge in [-0.15, -0.1) is 0 Å². The quantitative estimate of drug-likeness (QED) is 0.930. The van der Waals surface area contributed by atoms with E-state index in [1.54, 1.807) is 6.20 Å². The van der Waals surface area contributed by atoms with Crippen molar-refractivity contribution in [1.29, 1.82) is 0 Å². The van der Waals surface area contributed by atoms with Gasteiger partial charge >= 0.3 is 0 Å². The van der Waals surface area contributed by atoms with Crippen molar-refractivity contribution in [2.24, 2.45) is 11.7 Å². The lowest BCUT2D eigenvalue weighted by atomic mass is 9.92. The molecule has 1 fully saturated rings. The van der Waals surface area contributed by atoms with Crippen LogP contribution in [0.4, 0.5) is 0 Å². The Morgan fingerprint density at radius 2 is 2.10 bits per heavy atom. The molecule has 1 aliphatic heterocycles. The summed E-state index contributed by atoms with van der Waals surface area (Å²) in [4.78, 5) is 4.33. The van der Waals surface area contributed by atoms with Crippen LogP contribution in [0.2, 0.25) is 0 Å². The first-order valence-corrected chi connectivity index (χ1v) is 8.66. The van der Waals surface area contributed by atoms with Crippen LogP contribution < -0.4 is 5.73 Å². The molecule has 0 radical (unpaired) electrons. The average Bonchev–Trinajstić information content (AvgIpc) is 2.80.